The average Bonchev–Trinajstić information content (AvgIpc) is 2.86. The maximum absolute atomic E-state index is 12.2. The number of carbonyl (C=O) groups excluding carboxylic acids is 1. The quantitative estimate of drug-likeness (QED) is 0.911. The maximum Gasteiger partial charge on any atom is 0.265 e. The van der Waals surface area contributed by atoms with Crippen molar-refractivity contribution >= 4 is 17.4 Å². The molecule has 106 valence electrons. The van der Waals surface area contributed by atoms with Crippen LogP contribution in [-0.2, 0) is 12.0 Å². The van der Waals surface area contributed by atoms with Gasteiger partial charge in [0, 0.05) is 17.5 Å². The molecule has 2 rings (SSSR count). The molecule has 0 unspecified atom stereocenters. The summed E-state index contributed by atoms with van der Waals surface area (Å²) >= 11 is 1.09. The second-order valence-electron chi connectivity index (χ2n) is 5.51. The summed E-state index contributed by atoms with van der Waals surface area (Å²) in [6.45, 7) is 6.24. The molecule has 20 heavy (non-hydrogen) atoms. The fourth-order valence-corrected chi connectivity index (χ4v) is 2.54. The Labute approximate surface area is 121 Å². The molecule has 1 aromatic heterocycles. The normalized spacial score (nSPS) is 11.3. The van der Waals surface area contributed by atoms with Gasteiger partial charge in [-0.05, 0) is 17.6 Å². The molecular weight excluding hydrogens is 274 g/mol. The Morgan fingerprint density at radius 3 is 2.70 bits per heavy atom. The first-order valence-corrected chi connectivity index (χ1v) is 7.05. The maximum atomic E-state index is 12.2. The standard InChI is InChI=1S/C14H17N3O2S/c1-14(2,3)12-11(20-17-16-12)13(19)15-8-9-6-4-5-7-10(9)18/h4-7,18H,8H2,1-3H3,(H,15,19). The number of rotatable bonds is 3. The van der Waals surface area contributed by atoms with Gasteiger partial charge in [0.25, 0.3) is 5.91 Å². The second-order valence-corrected chi connectivity index (χ2v) is 6.27. The van der Waals surface area contributed by atoms with Crippen LogP contribution in [0.1, 0.15) is 41.7 Å². The Morgan fingerprint density at radius 1 is 1.35 bits per heavy atom. The van der Waals surface area contributed by atoms with Crippen molar-refractivity contribution in [2.45, 2.75) is 32.7 Å². The number of nitrogens with one attached hydrogen (secondary N) is 1. The minimum Gasteiger partial charge on any atom is -0.508 e. The van der Waals surface area contributed by atoms with E-state index in [1.807, 2.05) is 26.8 Å². The predicted octanol–water partition coefficient (Wildman–Crippen LogP) is 2.47. The van der Waals surface area contributed by atoms with E-state index in [1.54, 1.807) is 18.2 Å². The highest BCUT2D eigenvalue weighted by Gasteiger charge is 2.26. The van der Waals surface area contributed by atoms with Crippen molar-refractivity contribution < 1.29 is 9.90 Å². The van der Waals surface area contributed by atoms with Crippen molar-refractivity contribution in [3.8, 4) is 5.75 Å². The fraction of sp³-hybridized carbons (Fsp3) is 0.357. The molecule has 0 aliphatic heterocycles. The number of para-hydroxylation sites is 1. The highest BCUT2D eigenvalue weighted by Crippen LogP contribution is 2.25. The van der Waals surface area contributed by atoms with Gasteiger partial charge >= 0.3 is 0 Å². The van der Waals surface area contributed by atoms with Crippen LogP contribution in [0.25, 0.3) is 0 Å². The summed E-state index contributed by atoms with van der Waals surface area (Å²) in [4.78, 5) is 12.7. The molecule has 0 bridgehead atoms. The summed E-state index contributed by atoms with van der Waals surface area (Å²) in [5.74, 6) is -0.0422. The van der Waals surface area contributed by atoms with E-state index in [2.05, 4.69) is 14.9 Å². The number of aromatic hydroxyl groups is 1. The molecule has 1 aromatic carbocycles. The van der Waals surface area contributed by atoms with E-state index < -0.39 is 0 Å². The number of phenolic OH excluding ortho intramolecular Hbond substituents is 1. The number of carbonyl (C=O) groups is 1. The smallest absolute Gasteiger partial charge is 0.265 e. The third-order valence-electron chi connectivity index (χ3n) is 2.84. The van der Waals surface area contributed by atoms with E-state index in [1.165, 1.54) is 0 Å². The van der Waals surface area contributed by atoms with Gasteiger partial charge in [0.2, 0.25) is 0 Å². The van der Waals surface area contributed by atoms with Gasteiger partial charge in [0.05, 0.1) is 5.69 Å². The van der Waals surface area contributed by atoms with Crippen LogP contribution in [0, 0.1) is 0 Å². The molecule has 6 heteroatoms. The molecule has 1 heterocycles. The van der Waals surface area contributed by atoms with Gasteiger partial charge in [-0.25, -0.2) is 0 Å². The van der Waals surface area contributed by atoms with Gasteiger partial charge in [-0.15, -0.1) is 5.10 Å². The van der Waals surface area contributed by atoms with Crippen LogP contribution in [0.4, 0.5) is 0 Å². The Morgan fingerprint density at radius 2 is 2.05 bits per heavy atom. The van der Waals surface area contributed by atoms with E-state index >= 15 is 0 Å². The lowest BCUT2D eigenvalue weighted by Gasteiger charge is -2.16. The molecule has 2 N–H and O–H groups in total. The lowest BCUT2D eigenvalue weighted by molar-refractivity contribution is 0.0952. The van der Waals surface area contributed by atoms with Crippen molar-refractivity contribution in [3.63, 3.8) is 0 Å². The molecule has 0 aliphatic carbocycles. The molecule has 0 spiro atoms. The third kappa shape index (κ3) is 3.14. The third-order valence-corrected chi connectivity index (χ3v) is 3.56. The van der Waals surface area contributed by atoms with Gasteiger partial charge in [-0.3, -0.25) is 4.79 Å². The Balaban J connectivity index is 2.10. The van der Waals surface area contributed by atoms with Crippen molar-refractivity contribution in [1.29, 1.82) is 0 Å². The molecule has 0 saturated carbocycles. The van der Waals surface area contributed by atoms with Crippen LogP contribution in [0.2, 0.25) is 0 Å². The Bertz CT molecular complexity index is 617. The molecule has 1 amide bonds. The minimum absolute atomic E-state index is 0.172. The van der Waals surface area contributed by atoms with E-state index in [0.717, 1.165) is 11.5 Å². The first-order chi connectivity index (χ1) is 9.39. The average molecular weight is 291 g/mol. The first-order valence-electron chi connectivity index (χ1n) is 6.27. The number of aromatic nitrogens is 2. The van der Waals surface area contributed by atoms with Crippen LogP contribution in [0.5, 0.6) is 5.75 Å². The van der Waals surface area contributed by atoms with Gasteiger partial charge in [-0.1, -0.05) is 43.5 Å². The van der Waals surface area contributed by atoms with Crippen LogP contribution in [0.3, 0.4) is 0 Å². The van der Waals surface area contributed by atoms with E-state index in [-0.39, 0.29) is 23.6 Å². The summed E-state index contributed by atoms with van der Waals surface area (Å²) in [6, 6.07) is 6.92. The Kier molecular flexibility index (Phi) is 4.04. The number of hydrogen-bond acceptors (Lipinski definition) is 5. The fourth-order valence-electron chi connectivity index (χ4n) is 1.75. The molecular formula is C14H17N3O2S. The van der Waals surface area contributed by atoms with Gasteiger partial charge in [-0.2, -0.15) is 0 Å². The van der Waals surface area contributed by atoms with Crippen LogP contribution < -0.4 is 5.32 Å². The number of phenols is 1. The predicted molar refractivity (Wildman–Crippen MR) is 77.9 cm³/mol. The van der Waals surface area contributed by atoms with Crippen molar-refractivity contribution in [1.82, 2.24) is 14.9 Å². The Hall–Kier alpha value is -1.95. The van der Waals surface area contributed by atoms with Gasteiger partial charge < -0.3 is 10.4 Å². The van der Waals surface area contributed by atoms with Gasteiger partial charge in [0.1, 0.15) is 10.6 Å². The summed E-state index contributed by atoms with van der Waals surface area (Å²) in [5.41, 5.74) is 1.14. The zero-order chi connectivity index (χ0) is 14.8. The van der Waals surface area contributed by atoms with Crippen LogP contribution >= 0.6 is 11.5 Å². The monoisotopic (exact) mass is 291 g/mol. The van der Waals surface area contributed by atoms with Gasteiger partial charge in [0.15, 0.2) is 0 Å². The topological polar surface area (TPSA) is 75.1 Å². The number of amides is 1. The largest absolute Gasteiger partial charge is 0.508 e. The summed E-state index contributed by atoms with van der Waals surface area (Å²) < 4.78 is 3.86. The highest BCUT2D eigenvalue weighted by molar-refractivity contribution is 7.08. The zero-order valence-electron chi connectivity index (χ0n) is 11.7. The first kappa shape index (κ1) is 14.5. The molecule has 5 nitrogen and oxygen atoms in total. The number of benzene rings is 1. The minimum atomic E-state index is -0.228. The number of nitrogens with zero attached hydrogens (tertiary/aromatic N) is 2. The summed E-state index contributed by atoms with van der Waals surface area (Å²) in [7, 11) is 0. The molecule has 0 atom stereocenters. The lowest BCUT2D eigenvalue weighted by atomic mass is 9.91. The van der Waals surface area contributed by atoms with Crippen molar-refractivity contribution in [3.05, 3.63) is 40.4 Å². The summed E-state index contributed by atoms with van der Waals surface area (Å²) in [6.07, 6.45) is 0. The van der Waals surface area contributed by atoms with E-state index in [9.17, 15) is 9.90 Å². The zero-order valence-corrected chi connectivity index (χ0v) is 12.5. The molecule has 0 fully saturated rings. The molecule has 2 aromatic rings. The van der Waals surface area contributed by atoms with Crippen LogP contribution in [0.15, 0.2) is 24.3 Å². The van der Waals surface area contributed by atoms with Crippen molar-refractivity contribution in [2.24, 2.45) is 0 Å². The van der Waals surface area contributed by atoms with Crippen LogP contribution in [-0.4, -0.2) is 20.6 Å². The van der Waals surface area contributed by atoms with Crippen molar-refractivity contribution in [2.75, 3.05) is 0 Å². The highest BCUT2D eigenvalue weighted by atomic mass is 32.1. The van der Waals surface area contributed by atoms with E-state index in [4.69, 9.17) is 0 Å². The molecule has 0 radical (unpaired) electrons. The SMILES string of the molecule is CC(C)(C)c1nnsc1C(=O)NCc1ccccc1O. The number of hydrogen-bond donors (Lipinski definition) is 2. The van der Waals surface area contributed by atoms with E-state index in [0.29, 0.717) is 16.1 Å². The summed E-state index contributed by atoms with van der Waals surface area (Å²) in [5, 5.41) is 16.5. The second kappa shape index (κ2) is 5.58. The molecule has 0 aliphatic rings. The molecule has 0 saturated heterocycles. The lowest BCUT2D eigenvalue weighted by Crippen LogP contribution is -2.25.